The van der Waals surface area contributed by atoms with E-state index in [9.17, 15) is 0 Å². The standard InChI is InChI=1S/C15H18N2O/c1-15(2,3)11-5-7-16-13(9-11)14-10-12(18-4)6-8-17-14/h5-10H,1-4H3. The van der Waals surface area contributed by atoms with Crippen LogP contribution in [0.25, 0.3) is 11.4 Å². The quantitative estimate of drug-likeness (QED) is 0.809. The summed E-state index contributed by atoms with van der Waals surface area (Å²) in [5.41, 5.74) is 3.07. The monoisotopic (exact) mass is 242 g/mol. The third-order valence-corrected chi connectivity index (χ3v) is 2.86. The summed E-state index contributed by atoms with van der Waals surface area (Å²) in [6, 6.07) is 7.86. The van der Waals surface area contributed by atoms with Gasteiger partial charge in [-0.15, -0.1) is 0 Å². The number of hydrogen-bond acceptors (Lipinski definition) is 3. The van der Waals surface area contributed by atoms with E-state index in [-0.39, 0.29) is 5.41 Å². The van der Waals surface area contributed by atoms with Crippen LogP contribution in [0.3, 0.4) is 0 Å². The lowest BCUT2D eigenvalue weighted by Crippen LogP contribution is -2.11. The molecule has 18 heavy (non-hydrogen) atoms. The summed E-state index contributed by atoms with van der Waals surface area (Å²) in [5, 5.41) is 0. The fraction of sp³-hybridized carbons (Fsp3) is 0.333. The van der Waals surface area contributed by atoms with Crippen LogP contribution in [0.1, 0.15) is 26.3 Å². The third-order valence-electron chi connectivity index (χ3n) is 2.86. The van der Waals surface area contributed by atoms with E-state index in [0.29, 0.717) is 0 Å². The van der Waals surface area contributed by atoms with Crippen molar-refractivity contribution in [1.29, 1.82) is 0 Å². The van der Waals surface area contributed by atoms with Crippen molar-refractivity contribution in [3.63, 3.8) is 0 Å². The van der Waals surface area contributed by atoms with Crippen LogP contribution in [0.2, 0.25) is 0 Å². The van der Waals surface area contributed by atoms with E-state index >= 15 is 0 Å². The van der Waals surface area contributed by atoms with Crippen molar-refractivity contribution in [3.05, 3.63) is 42.2 Å². The molecule has 3 nitrogen and oxygen atoms in total. The number of methoxy groups -OCH3 is 1. The number of pyridine rings is 2. The summed E-state index contributed by atoms with van der Waals surface area (Å²) in [6.07, 6.45) is 3.57. The Balaban J connectivity index is 2.44. The maximum Gasteiger partial charge on any atom is 0.122 e. The lowest BCUT2D eigenvalue weighted by Gasteiger charge is -2.19. The van der Waals surface area contributed by atoms with Crippen molar-refractivity contribution in [2.24, 2.45) is 0 Å². The second-order valence-electron chi connectivity index (χ2n) is 5.26. The zero-order valence-electron chi connectivity index (χ0n) is 11.3. The highest BCUT2D eigenvalue weighted by molar-refractivity contribution is 5.57. The number of aromatic nitrogens is 2. The fourth-order valence-corrected chi connectivity index (χ4v) is 1.72. The Labute approximate surface area is 108 Å². The van der Waals surface area contributed by atoms with Crippen molar-refractivity contribution < 1.29 is 4.74 Å². The van der Waals surface area contributed by atoms with Crippen LogP contribution in [0.15, 0.2) is 36.7 Å². The molecule has 0 radical (unpaired) electrons. The Morgan fingerprint density at radius 1 is 0.944 bits per heavy atom. The van der Waals surface area contributed by atoms with Gasteiger partial charge in [-0.2, -0.15) is 0 Å². The van der Waals surface area contributed by atoms with Crippen molar-refractivity contribution in [1.82, 2.24) is 9.97 Å². The van der Waals surface area contributed by atoms with E-state index in [1.807, 2.05) is 24.4 Å². The highest BCUT2D eigenvalue weighted by Crippen LogP contribution is 2.26. The van der Waals surface area contributed by atoms with Crippen LogP contribution in [-0.2, 0) is 5.41 Å². The molecule has 0 aliphatic rings. The molecular weight excluding hydrogens is 224 g/mol. The fourth-order valence-electron chi connectivity index (χ4n) is 1.72. The Morgan fingerprint density at radius 2 is 1.56 bits per heavy atom. The molecule has 0 saturated heterocycles. The van der Waals surface area contributed by atoms with Crippen LogP contribution >= 0.6 is 0 Å². The van der Waals surface area contributed by atoms with Gasteiger partial charge in [-0.05, 0) is 29.2 Å². The molecule has 3 heteroatoms. The van der Waals surface area contributed by atoms with Crippen LogP contribution in [0.5, 0.6) is 5.75 Å². The van der Waals surface area contributed by atoms with Gasteiger partial charge < -0.3 is 4.74 Å². The molecule has 0 aliphatic heterocycles. The minimum Gasteiger partial charge on any atom is -0.497 e. The predicted octanol–water partition coefficient (Wildman–Crippen LogP) is 3.45. The van der Waals surface area contributed by atoms with Gasteiger partial charge in [0.15, 0.2) is 0 Å². The van der Waals surface area contributed by atoms with Gasteiger partial charge in [0, 0.05) is 18.5 Å². The molecule has 2 heterocycles. The summed E-state index contributed by atoms with van der Waals surface area (Å²) in [7, 11) is 1.65. The number of nitrogens with zero attached hydrogens (tertiary/aromatic N) is 2. The van der Waals surface area contributed by atoms with Crippen molar-refractivity contribution in [3.8, 4) is 17.1 Å². The minimum atomic E-state index is 0.108. The summed E-state index contributed by atoms with van der Waals surface area (Å²) >= 11 is 0. The first kappa shape index (κ1) is 12.6. The van der Waals surface area contributed by atoms with Gasteiger partial charge in [0.2, 0.25) is 0 Å². The first-order valence-electron chi connectivity index (χ1n) is 5.97. The van der Waals surface area contributed by atoms with Gasteiger partial charge in [0.05, 0.1) is 18.5 Å². The molecule has 0 fully saturated rings. The van der Waals surface area contributed by atoms with Gasteiger partial charge in [0.25, 0.3) is 0 Å². The maximum absolute atomic E-state index is 5.21. The van der Waals surface area contributed by atoms with Crippen LogP contribution in [0.4, 0.5) is 0 Å². The van der Waals surface area contributed by atoms with E-state index in [4.69, 9.17) is 4.74 Å². The molecule has 2 aromatic heterocycles. The zero-order chi connectivity index (χ0) is 13.2. The van der Waals surface area contributed by atoms with E-state index in [1.54, 1.807) is 13.3 Å². The van der Waals surface area contributed by atoms with E-state index in [1.165, 1.54) is 5.56 Å². The number of hydrogen-bond donors (Lipinski definition) is 0. The Kier molecular flexibility index (Phi) is 3.32. The molecule has 0 aromatic carbocycles. The highest BCUT2D eigenvalue weighted by Gasteiger charge is 2.15. The summed E-state index contributed by atoms with van der Waals surface area (Å²) in [4.78, 5) is 8.72. The first-order valence-corrected chi connectivity index (χ1v) is 5.97. The SMILES string of the molecule is COc1ccnc(-c2cc(C(C)(C)C)ccn2)c1. The number of rotatable bonds is 2. The second kappa shape index (κ2) is 4.77. The molecular formula is C15H18N2O. The van der Waals surface area contributed by atoms with Crippen LogP contribution < -0.4 is 4.74 Å². The van der Waals surface area contributed by atoms with Crippen molar-refractivity contribution in [2.45, 2.75) is 26.2 Å². The topological polar surface area (TPSA) is 35.0 Å². The van der Waals surface area contributed by atoms with Crippen LogP contribution in [-0.4, -0.2) is 17.1 Å². The van der Waals surface area contributed by atoms with E-state index < -0.39 is 0 Å². The molecule has 0 saturated carbocycles. The average Bonchev–Trinajstić information content (AvgIpc) is 2.38. The molecule has 0 amide bonds. The molecule has 0 aliphatic carbocycles. The Hall–Kier alpha value is -1.90. The van der Waals surface area contributed by atoms with E-state index in [2.05, 4.69) is 36.8 Å². The molecule has 0 N–H and O–H groups in total. The summed E-state index contributed by atoms with van der Waals surface area (Å²) in [5.74, 6) is 0.794. The van der Waals surface area contributed by atoms with Gasteiger partial charge in [0.1, 0.15) is 5.75 Å². The van der Waals surface area contributed by atoms with Gasteiger partial charge in [-0.3, -0.25) is 9.97 Å². The molecule has 0 unspecified atom stereocenters. The van der Waals surface area contributed by atoms with Crippen LogP contribution in [0, 0.1) is 0 Å². The average molecular weight is 242 g/mol. The maximum atomic E-state index is 5.21. The summed E-state index contributed by atoms with van der Waals surface area (Å²) < 4.78 is 5.21. The van der Waals surface area contributed by atoms with Crippen molar-refractivity contribution >= 4 is 0 Å². The summed E-state index contributed by atoms with van der Waals surface area (Å²) in [6.45, 7) is 6.56. The Bertz CT molecular complexity index is 544. The van der Waals surface area contributed by atoms with Gasteiger partial charge >= 0.3 is 0 Å². The Morgan fingerprint density at radius 3 is 2.17 bits per heavy atom. The lowest BCUT2D eigenvalue weighted by atomic mass is 9.87. The zero-order valence-corrected chi connectivity index (χ0v) is 11.3. The molecule has 94 valence electrons. The molecule has 0 atom stereocenters. The minimum absolute atomic E-state index is 0.108. The normalized spacial score (nSPS) is 11.3. The number of ether oxygens (including phenoxy) is 1. The van der Waals surface area contributed by atoms with Gasteiger partial charge in [-0.25, -0.2) is 0 Å². The largest absolute Gasteiger partial charge is 0.497 e. The predicted molar refractivity (Wildman–Crippen MR) is 72.7 cm³/mol. The third kappa shape index (κ3) is 2.67. The second-order valence-corrected chi connectivity index (χ2v) is 5.26. The molecule has 2 rings (SSSR count). The smallest absolute Gasteiger partial charge is 0.122 e. The van der Waals surface area contributed by atoms with Crippen molar-refractivity contribution in [2.75, 3.05) is 7.11 Å². The molecule has 0 spiro atoms. The molecule has 2 aromatic rings. The highest BCUT2D eigenvalue weighted by atomic mass is 16.5. The van der Waals surface area contributed by atoms with E-state index in [0.717, 1.165) is 17.1 Å². The lowest BCUT2D eigenvalue weighted by molar-refractivity contribution is 0.414. The van der Waals surface area contributed by atoms with Gasteiger partial charge in [-0.1, -0.05) is 20.8 Å². The first-order chi connectivity index (χ1) is 8.50. The molecule has 0 bridgehead atoms.